The minimum Gasteiger partial charge on any atom is -0.458 e. The van der Waals surface area contributed by atoms with Crippen LogP contribution in [0.5, 0.6) is 0 Å². The van der Waals surface area contributed by atoms with Crippen LogP contribution in [0.1, 0.15) is 227 Å². The van der Waals surface area contributed by atoms with Crippen LogP contribution < -0.4 is 0 Å². The first-order chi connectivity index (χ1) is 28.3. The highest BCUT2D eigenvalue weighted by molar-refractivity contribution is 5.75. The van der Waals surface area contributed by atoms with Crippen LogP contribution in [0.15, 0.2) is 24.3 Å². The number of likely N-dealkylation sites (N-methyl/N-ethyl adjacent to an activating group) is 2. The summed E-state index contributed by atoms with van der Waals surface area (Å²) in [6.45, 7) is 11.1. The Morgan fingerprint density at radius 1 is 0.441 bits per heavy atom. The number of Topliss-reactive ketones (excluding diaryl/α,β-unsaturated/α-hetero) is 1. The van der Waals surface area contributed by atoms with E-state index in [-0.39, 0.29) is 24.1 Å². The van der Waals surface area contributed by atoms with Crippen molar-refractivity contribution in [3.8, 4) is 0 Å². The quantitative estimate of drug-likeness (QED) is 0.0265. The molecule has 0 aromatic heterocycles. The first-order valence-electron chi connectivity index (χ1n) is 25.2. The molecule has 0 aromatic rings. The molecule has 7 nitrogen and oxygen atoms in total. The number of carbonyl (C=O) groups is 3. The Hall–Kier alpha value is -1.99. The van der Waals surface area contributed by atoms with Crippen LogP contribution in [-0.4, -0.2) is 93.3 Å². The van der Waals surface area contributed by atoms with E-state index in [1.54, 1.807) is 6.92 Å². The van der Waals surface area contributed by atoms with Gasteiger partial charge in [-0.1, -0.05) is 141 Å². The fourth-order valence-electron chi connectivity index (χ4n) is 7.90. The molecule has 346 valence electrons. The van der Waals surface area contributed by atoms with Crippen molar-refractivity contribution in [3.63, 3.8) is 0 Å². The Morgan fingerprint density at radius 3 is 1.17 bits per heavy atom. The Morgan fingerprint density at radius 2 is 0.780 bits per heavy atom. The maximum Gasteiger partial charge on any atom is 0.362 e. The second kappa shape index (κ2) is 38.9. The van der Waals surface area contributed by atoms with Crippen molar-refractivity contribution < 1.29 is 32.8 Å². The van der Waals surface area contributed by atoms with Crippen LogP contribution in [-0.2, 0) is 23.9 Å². The number of hydrogen-bond donors (Lipinski definition) is 0. The standard InChI is InChI=1S/C52H100N2O5/c1-9-12-15-18-19-20-21-25-28-35-42-49(40-33-16-13-10-2)58-51(56)46-53(5,6)44-37-30-31-38-45-54(7,8)47-52(57)59-50(41-34-17-14-11-3)43-36-29-26-23-22-24-27-32-39-48(4)55/h28-29,35-36,49-50H,9-27,30-34,37-47H2,1-8H3/q+2/b35-28+,36-29+. The summed E-state index contributed by atoms with van der Waals surface area (Å²) in [5.41, 5.74) is 0. The third-order valence-corrected chi connectivity index (χ3v) is 11.8. The highest BCUT2D eigenvalue weighted by Gasteiger charge is 2.25. The van der Waals surface area contributed by atoms with E-state index in [4.69, 9.17) is 9.47 Å². The van der Waals surface area contributed by atoms with E-state index < -0.39 is 0 Å². The maximum absolute atomic E-state index is 13.1. The summed E-state index contributed by atoms with van der Waals surface area (Å²) in [4.78, 5) is 37.4. The molecule has 0 saturated carbocycles. The van der Waals surface area contributed by atoms with Crippen molar-refractivity contribution in [3.05, 3.63) is 24.3 Å². The molecule has 0 aliphatic heterocycles. The molecular weight excluding hydrogens is 733 g/mol. The Bertz CT molecular complexity index is 1070. The minimum atomic E-state index is -0.0805. The number of ketones is 1. The molecule has 0 amide bonds. The molecule has 0 aromatic carbocycles. The third kappa shape index (κ3) is 39.9. The smallest absolute Gasteiger partial charge is 0.362 e. The lowest BCUT2D eigenvalue weighted by Gasteiger charge is -2.30. The number of hydrogen-bond acceptors (Lipinski definition) is 5. The molecular formula is C52H100N2O5+2. The average Bonchev–Trinajstić information content (AvgIpc) is 3.16. The number of rotatable bonds is 43. The van der Waals surface area contributed by atoms with Gasteiger partial charge in [0.2, 0.25) is 0 Å². The largest absolute Gasteiger partial charge is 0.458 e. The van der Waals surface area contributed by atoms with E-state index in [1.807, 2.05) is 0 Å². The van der Waals surface area contributed by atoms with Gasteiger partial charge in [-0.15, -0.1) is 0 Å². The van der Waals surface area contributed by atoms with Crippen LogP contribution in [0.25, 0.3) is 0 Å². The predicted octanol–water partition coefficient (Wildman–Crippen LogP) is 13.8. The van der Waals surface area contributed by atoms with Gasteiger partial charge in [0.25, 0.3) is 0 Å². The van der Waals surface area contributed by atoms with Gasteiger partial charge in [0.05, 0.1) is 41.3 Å². The molecule has 0 spiro atoms. The molecule has 0 aliphatic carbocycles. The van der Waals surface area contributed by atoms with E-state index in [2.05, 4.69) is 73.3 Å². The molecule has 0 rings (SSSR count). The minimum absolute atomic E-state index is 0.0154. The summed E-state index contributed by atoms with van der Waals surface area (Å²) in [6, 6.07) is 0. The summed E-state index contributed by atoms with van der Waals surface area (Å²) in [6.07, 6.45) is 44.4. The van der Waals surface area contributed by atoms with Gasteiger partial charge in [-0.05, 0) is 90.4 Å². The van der Waals surface area contributed by atoms with E-state index in [9.17, 15) is 14.4 Å². The molecule has 0 radical (unpaired) electrons. The summed E-state index contributed by atoms with van der Waals surface area (Å²) in [5, 5.41) is 0. The summed E-state index contributed by atoms with van der Waals surface area (Å²) >= 11 is 0. The lowest BCUT2D eigenvalue weighted by Crippen LogP contribution is -2.46. The second-order valence-corrected chi connectivity index (χ2v) is 19.3. The summed E-state index contributed by atoms with van der Waals surface area (Å²) < 4.78 is 13.5. The van der Waals surface area contributed by atoms with Gasteiger partial charge >= 0.3 is 11.9 Å². The Kier molecular flexibility index (Phi) is 37.6. The van der Waals surface area contributed by atoms with Crippen molar-refractivity contribution in [2.45, 2.75) is 239 Å². The molecule has 59 heavy (non-hydrogen) atoms. The lowest BCUT2D eigenvalue weighted by molar-refractivity contribution is -0.884. The van der Waals surface area contributed by atoms with Gasteiger partial charge in [0.1, 0.15) is 18.0 Å². The van der Waals surface area contributed by atoms with Crippen LogP contribution in [0.4, 0.5) is 0 Å². The first-order valence-corrected chi connectivity index (χ1v) is 25.2. The SMILES string of the molecule is CCCCCCCCC/C=C/CC(CCCCCC)OC(=O)C[N+](C)(C)CCCCCC[N+](C)(C)CC(=O)OC(C/C=C/CCCCCCCC(C)=O)CCCCCC. The van der Waals surface area contributed by atoms with Crippen LogP contribution in [0.3, 0.4) is 0 Å². The molecule has 0 saturated heterocycles. The molecule has 0 aliphatic rings. The molecule has 0 fully saturated rings. The fraction of sp³-hybridized carbons (Fsp3) is 0.865. The number of carbonyl (C=O) groups excluding carboxylic acids is 3. The number of esters is 2. The van der Waals surface area contributed by atoms with Gasteiger partial charge in [0, 0.05) is 19.3 Å². The third-order valence-electron chi connectivity index (χ3n) is 11.8. The molecule has 2 atom stereocenters. The normalized spacial score (nSPS) is 13.4. The maximum atomic E-state index is 13.1. The van der Waals surface area contributed by atoms with Crippen molar-refractivity contribution >= 4 is 17.7 Å². The molecule has 0 N–H and O–H groups in total. The van der Waals surface area contributed by atoms with Crippen LogP contribution >= 0.6 is 0 Å². The van der Waals surface area contributed by atoms with E-state index in [1.165, 1.54) is 103 Å². The molecule has 0 heterocycles. The van der Waals surface area contributed by atoms with Gasteiger partial charge < -0.3 is 23.2 Å². The molecule has 7 heteroatoms. The van der Waals surface area contributed by atoms with Crippen molar-refractivity contribution in [1.29, 1.82) is 0 Å². The Balaban J connectivity index is 4.61. The highest BCUT2D eigenvalue weighted by Crippen LogP contribution is 2.17. The molecule has 2 unspecified atom stereocenters. The van der Waals surface area contributed by atoms with Crippen LogP contribution in [0, 0.1) is 0 Å². The van der Waals surface area contributed by atoms with Crippen molar-refractivity contribution in [1.82, 2.24) is 0 Å². The van der Waals surface area contributed by atoms with Crippen molar-refractivity contribution in [2.24, 2.45) is 0 Å². The highest BCUT2D eigenvalue weighted by atomic mass is 16.5. The zero-order chi connectivity index (χ0) is 43.9. The summed E-state index contributed by atoms with van der Waals surface area (Å²) in [7, 11) is 8.60. The van der Waals surface area contributed by atoms with Crippen molar-refractivity contribution in [2.75, 3.05) is 54.4 Å². The van der Waals surface area contributed by atoms with E-state index >= 15 is 0 Å². The van der Waals surface area contributed by atoms with Gasteiger partial charge in [-0.3, -0.25) is 0 Å². The fourth-order valence-corrected chi connectivity index (χ4v) is 7.90. The topological polar surface area (TPSA) is 69.7 Å². The van der Waals surface area contributed by atoms with E-state index in [0.29, 0.717) is 34.3 Å². The average molecular weight is 833 g/mol. The monoisotopic (exact) mass is 833 g/mol. The number of nitrogens with zero attached hydrogens (tertiary/aromatic N) is 2. The van der Waals surface area contributed by atoms with Gasteiger partial charge in [-0.2, -0.15) is 0 Å². The number of unbranched alkanes of at least 4 members (excludes halogenated alkanes) is 21. The van der Waals surface area contributed by atoms with Gasteiger partial charge in [0.15, 0.2) is 13.1 Å². The number of ether oxygens (including phenoxy) is 2. The number of quaternary nitrogens is 2. The van der Waals surface area contributed by atoms with Gasteiger partial charge in [-0.25, -0.2) is 9.59 Å². The van der Waals surface area contributed by atoms with Crippen LogP contribution in [0.2, 0.25) is 0 Å². The zero-order valence-corrected chi connectivity index (χ0v) is 40.6. The first kappa shape index (κ1) is 57.0. The van der Waals surface area contributed by atoms with E-state index in [0.717, 1.165) is 103 Å². The summed E-state index contributed by atoms with van der Waals surface area (Å²) in [5.74, 6) is 0.150. The lowest BCUT2D eigenvalue weighted by atomic mass is 10.1. The Labute approximate surface area is 367 Å². The number of allylic oxidation sites excluding steroid dienone is 2. The predicted molar refractivity (Wildman–Crippen MR) is 253 cm³/mol. The zero-order valence-electron chi connectivity index (χ0n) is 40.6. The second-order valence-electron chi connectivity index (χ2n) is 19.3. The molecule has 0 bridgehead atoms.